The molecule has 1 saturated heterocycles. The summed E-state index contributed by atoms with van der Waals surface area (Å²) in [5, 5.41) is 10.1. The first-order valence-electron chi connectivity index (χ1n) is 5.75. The highest BCUT2D eigenvalue weighted by atomic mass is 35.5. The van der Waals surface area contributed by atoms with E-state index in [1.165, 1.54) is 0 Å². The van der Waals surface area contributed by atoms with E-state index < -0.39 is 0 Å². The molecular weight excluding hydrogens is 238 g/mol. The van der Waals surface area contributed by atoms with Gasteiger partial charge in [0, 0.05) is 31.0 Å². The maximum absolute atomic E-state index is 11.7. The van der Waals surface area contributed by atoms with Crippen molar-refractivity contribution in [3.05, 3.63) is 34.9 Å². The summed E-state index contributed by atoms with van der Waals surface area (Å²) in [5.41, 5.74) is 0.993. The fourth-order valence-electron chi connectivity index (χ4n) is 2.49. The minimum atomic E-state index is -0.0695. The van der Waals surface area contributed by atoms with Crippen LogP contribution in [0.5, 0.6) is 0 Å². The van der Waals surface area contributed by atoms with Crippen molar-refractivity contribution in [3.8, 4) is 0 Å². The van der Waals surface area contributed by atoms with Crippen LogP contribution in [0.25, 0.3) is 0 Å². The topological polar surface area (TPSA) is 40.5 Å². The molecule has 1 aliphatic rings. The fraction of sp³-hybridized carbons (Fsp3) is 0.462. The van der Waals surface area contributed by atoms with Crippen molar-refractivity contribution >= 4 is 17.5 Å². The lowest BCUT2D eigenvalue weighted by Gasteiger charge is -2.38. The van der Waals surface area contributed by atoms with Gasteiger partial charge in [-0.1, -0.05) is 23.7 Å². The van der Waals surface area contributed by atoms with E-state index in [0.717, 1.165) is 12.0 Å². The number of amides is 1. The molecule has 1 aliphatic heterocycles. The second-order valence-electron chi connectivity index (χ2n) is 4.49. The highest BCUT2D eigenvalue weighted by Crippen LogP contribution is 2.35. The van der Waals surface area contributed by atoms with Gasteiger partial charge in [-0.25, -0.2) is 0 Å². The first kappa shape index (κ1) is 12.4. The quantitative estimate of drug-likeness (QED) is 0.878. The lowest BCUT2D eigenvalue weighted by atomic mass is 9.85. The zero-order valence-corrected chi connectivity index (χ0v) is 10.5. The number of carbonyl (C=O) groups excluding carboxylic acids is 1. The summed E-state index contributed by atoms with van der Waals surface area (Å²) in [6, 6.07) is 7.43. The van der Waals surface area contributed by atoms with Gasteiger partial charge in [-0.2, -0.15) is 0 Å². The van der Waals surface area contributed by atoms with Crippen molar-refractivity contribution in [2.24, 2.45) is 5.92 Å². The van der Waals surface area contributed by atoms with Crippen LogP contribution in [0, 0.1) is 5.92 Å². The van der Waals surface area contributed by atoms with Gasteiger partial charge in [0.05, 0.1) is 6.04 Å². The molecule has 2 atom stereocenters. The number of hydrogen-bond donors (Lipinski definition) is 1. The monoisotopic (exact) mass is 253 g/mol. The second kappa shape index (κ2) is 5.07. The zero-order valence-electron chi connectivity index (χ0n) is 9.77. The van der Waals surface area contributed by atoms with E-state index >= 15 is 0 Å². The van der Waals surface area contributed by atoms with Crippen LogP contribution in [0.3, 0.4) is 0 Å². The highest BCUT2D eigenvalue weighted by molar-refractivity contribution is 6.30. The molecule has 4 heteroatoms. The largest absolute Gasteiger partial charge is 0.396 e. The van der Waals surface area contributed by atoms with E-state index in [9.17, 15) is 9.90 Å². The second-order valence-corrected chi connectivity index (χ2v) is 4.92. The lowest BCUT2D eigenvalue weighted by molar-refractivity contribution is -0.137. The molecule has 92 valence electrons. The Hall–Kier alpha value is -1.06. The van der Waals surface area contributed by atoms with Crippen molar-refractivity contribution < 1.29 is 9.90 Å². The molecule has 0 spiro atoms. The Morgan fingerprint density at radius 1 is 1.53 bits per heavy atom. The van der Waals surface area contributed by atoms with Crippen LogP contribution < -0.4 is 0 Å². The van der Waals surface area contributed by atoms with E-state index in [4.69, 9.17) is 11.6 Å². The Bertz CT molecular complexity index is 422. The molecule has 0 aliphatic carbocycles. The summed E-state index contributed by atoms with van der Waals surface area (Å²) < 4.78 is 0. The van der Waals surface area contributed by atoms with Gasteiger partial charge < -0.3 is 10.0 Å². The molecule has 0 unspecified atom stereocenters. The Morgan fingerprint density at radius 2 is 2.29 bits per heavy atom. The van der Waals surface area contributed by atoms with Crippen molar-refractivity contribution in [1.82, 2.24) is 4.90 Å². The molecule has 1 fully saturated rings. The van der Waals surface area contributed by atoms with Gasteiger partial charge in [-0.05, 0) is 24.1 Å². The molecule has 2 rings (SSSR count). The van der Waals surface area contributed by atoms with E-state index in [0.29, 0.717) is 11.4 Å². The Labute approximate surface area is 106 Å². The summed E-state index contributed by atoms with van der Waals surface area (Å²) in [7, 11) is 1.79. The highest BCUT2D eigenvalue weighted by Gasteiger charge is 2.34. The SMILES string of the molecule is CN1C(=O)CC[C@H](CO)[C@@H]1c1cccc(Cl)c1. The van der Waals surface area contributed by atoms with E-state index in [1.54, 1.807) is 11.9 Å². The van der Waals surface area contributed by atoms with Gasteiger partial charge in [0.1, 0.15) is 0 Å². The number of likely N-dealkylation sites (tertiary alicyclic amines) is 1. The minimum Gasteiger partial charge on any atom is -0.396 e. The summed E-state index contributed by atoms with van der Waals surface area (Å²) in [5.74, 6) is 0.218. The minimum absolute atomic E-state index is 0.0695. The first-order valence-corrected chi connectivity index (χ1v) is 6.13. The van der Waals surface area contributed by atoms with Gasteiger partial charge in [-0.15, -0.1) is 0 Å². The number of nitrogens with zero attached hydrogens (tertiary/aromatic N) is 1. The lowest BCUT2D eigenvalue weighted by Crippen LogP contribution is -2.41. The van der Waals surface area contributed by atoms with Crippen LogP contribution in [-0.4, -0.2) is 29.6 Å². The average molecular weight is 254 g/mol. The summed E-state index contributed by atoms with van der Waals surface area (Å²) in [6.07, 6.45) is 1.25. The number of rotatable bonds is 2. The third-order valence-electron chi connectivity index (χ3n) is 3.41. The van der Waals surface area contributed by atoms with Gasteiger partial charge in [0.2, 0.25) is 5.91 Å². The van der Waals surface area contributed by atoms with E-state index in [1.807, 2.05) is 24.3 Å². The summed E-state index contributed by atoms with van der Waals surface area (Å²) >= 11 is 5.97. The zero-order chi connectivity index (χ0) is 12.4. The van der Waals surface area contributed by atoms with Crippen molar-refractivity contribution in [2.75, 3.05) is 13.7 Å². The van der Waals surface area contributed by atoms with Crippen LogP contribution in [0.1, 0.15) is 24.4 Å². The first-order chi connectivity index (χ1) is 8.13. The number of aliphatic hydroxyl groups is 1. The summed E-state index contributed by atoms with van der Waals surface area (Å²) in [4.78, 5) is 13.5. The van der Waals surface area contributed by atoms with Gasteiger partial charge >= 0.3 is 0 Å². The Kier molecular flexibility index (Phi) is 3.69. The molecule has 1 N–H and O–H groups in total. The molecule has 0 aromatic heterocycles. The average Bonchev–Trinajstić information content (AvgIpc) is 2.32. The molecule has 0 saturated carbocycles. The normalized spacial score (nSPS) is 25.1. The molecular formula is C13H16ClNO2. The fourth-order valence-corrected chi connectivity index (χ4v) is 2.69. The van der Waals surface area contributed by atoms with Crippen LogP contribution in [-0.2, 0) is 4.79 Å². The van der Waals surface area contributed by atoms with Crippen LogP contribution in [0.15, 0.2) is 24.3 Å². The number of aliphatic hydroxyl groups excluding tert-OH is 1. The van der Waals surface area contributed by atoms with E-state index in [-0.39, 0.29) is 24.5 Å². The summed E-state index contributed by atoms with van der Waals surface area (Å²) in [6.45, 7) is 0.0921. The third-order valence-corrected chi connectivity index (χ3v) is 3.65. The predicted octanol–water partition coefficient (Wildman–Crippen LogP) is 2.24. The molecule has 0 bridgehead atoms. The molecule has 17 heavy (non-hydrogen) atoms. The van der Waals surface area contributed by atoms with Crippen LogP contribution in [0.4, 0.5) is 0 Å². The van der Waals surface area contributed by atoms with Crippen LogP contribution in [0.2, 0.25) is 5.02 Å². The Morgan fingerprint density at radius 3 is 2.94 bits per heavy atom. The number of carbonyl (C=O) groups is 1. The molecule has 1 amide bonds. The maximum atomic E-state index is 11.7. The molecule has 1 aromatic rings. The van der Waals surface area contributed by atoms with Crippen molar-refractivity contribution in [1.29, 1.82) is 0 Å². The Balaban J connectivity index is 2.34. The van der Waals surface area contributed by atoms with Crippen molar-refractivity contribution in [3.63, 3.8) is 0 Å². The van der Waals surface area contributed by atoms with Gasteiger partial charge in [-0.3, -0.25) is 4.79 Å². The molecule has 1 aromatic carbocycles. The molecule has 0 radical (unpaired) electrons. The van der Waals surface area contributed by atoms with E-state index in [2.05, 4.69) is 0 Å². The smallest absolute Gasteiger partial charge is 0.222 e. The third kappa shape index (κ3) is 2.45. The van der Waals surface area contributed by atoms with Crippen molar-refractivity contribution in [2.45, 2.75) is 18.9 Å². The van der Waals surface area contributed by atoms with Gasteiger partial charge in [0.25, 0.3) is 0 Å². The standard InChI is InChI=1S/C13H16ClNO2/c1-15-12(17)6-5-10(8-16)13(15)9-3-2-4-11(14)7-9/h2-4,7,10,13,16H,5-6,8H2,1H3/t10-,13+/m1/s1. The maximum Gasteiger partial charge on any atom is 0.222 e. The predicted molar refractivity (Wildman–Crippen MR) is 66.8 cm³/mol. The number of piperidine rings is 1. The molecule has 3 nitrogen and oxygen atoms in total. The van der Waals surface area contributed by atoms with Gasteiger partial charge in [0.15, 0.2) is 0 Å². The number of benzene rings is 1. The number of halogens is 1. The van der Waals surface area contributed by atoms with Crippen LogP contribution >= 0.6 is 11.6 Å². The molecule has 1 heterocycles. The number of hydrogen-bond acceptors (Lipinski definition) is 2.